The molecule has 174 valence electrons. The van der Waals surface area contributed by atoms with Crippen LogP contribution in [0.1, 0.15) is 86.5 Å². The molecule has 1 aliphatic heterocycles. The van der Waals surface area contributed by atoms with Gasteiger partial charge in [0.25, 0.3) is 0 Å². The van der Waals surface area contributed by atoms with E-state index in [-0.39, 0.29) is 5.91 Å². The Morgan fingerprint density at radius 1 is 0.833 bits per heavy atom. The second-order valence-corrected chi connectivity index (χ2v) is 9.86. The molecule has 0 spiro atoms. The molecule has 0 radical (unpaired) electrons. The van der Waals surface area contributed by atoms with Crippen molar-refractivity contribution in [1.82, 2.24) is 15.5 Å². The first-order valence-electron chi connectivity index (χ1n) is 11.1. The third kappa shape index (κ3) is 11.9. The molecule has 1 fully saturated rings. The molecule has 8 nitrogen and oxygen atoms in total. The Balaban J connectivity index is 2.56. The molecule has 8 heteroatoms. The van der Waals surface area contributed by atoms with Gasteiger partial charge in [-0.3, -0.25) is 4.79 Å². The maximum atomic E-state index is 13.0. The SMILES string of the molecule is CC(C)(C)OC(=O)NCCCC[C@H](NC(=O)OC(C)(C)C)C(=O)N1CCCCCC1. The maximum absolute atomic E-state index is 13.0. The van der Waals surface area contributed by atoms with Crippen LogP contribution in [0.2, 0.25) is 0 Å². The Labute approximate surface area is 181 Å². The molecule has 0 saturated carbocycles. The molecule has 1 atom stereocenters. The molecule has 3 amide bonds. The van der Waals surface area contributed by atoms with E-state index in [9.17, 15) is 14.4 Å². The van der Waals surface area contributed by atoms with Gasteiger partial charge in [0.05, 0.1) is 0 Å². The Morgan fingerprint density at radius 2 is 1.37 bits per heavy atom. The first kappa shape index (κ1) is 26.0. The molecule has 1 rings (SSSR count). The minimum Gasteiger partial charge on any atom is -0.444 e. The van der Waals surface area contributed by atoms with E-state index in [0.717, 1.165) is 38.8 Å². The molecule has 1 saturated heterocycles. The minimum absolute atomic E-state index is 0.0529. The highest BCUT2D eigenvalue weighted by Crippen LogP contribution is 2.14. The monoisotopic (exact) mass is 427 g/mol. The van der Waals surface area contributed by atoms with Crippen LogP contribution in [0.25, 0.3) is 0 Å². The number of unbranched alkanes of at least 4 members (excludes halogenated alkanes) is 1. The lowest BCUT2D eigenvalue weighted by molar-refractivity contribution is -0.133. The largest absolute Gasteiger partial charge is 0.444 e. The van der Waals surface area contributed by atoms with E-state index in [1.54, 1.807) is 20.8 Å². The summed E-state index contributed by atoms with van der Waals surface area (Å²) in [5.41, 5.74) is -1.16. The number of ether oxygens (including phenoxy) is 2. The molecule has 0 bridgehead atoms. The topological polar surface area (TPSA) is 97.0 Å². The summed E-state index contributed by atoms with van der Waals surface area (Å²) in [7, 11) is 0. The van der Waals surface area contributed by atoms with Gasteiger partial charge < -0.3 is 25.0 Å². The molecule has 0 aliphatic carbocycles. The van der Waals surface area contributed by atoms with Gasteiger partial charge in [0, 0.05) is 19.6 Å². The Hall–Kier alpha value is -1.99. The van der Waals surface area contributed by atoms with Crippen molar-refractivity contribution < 1.29 is 23.9 Å². The number of alkyl carbamates (subject to hydrolysis) is 2. The van der Waals surface area contributed by atoms with Gasteiger partial charge in [-0.05, 0) is 73.6 Å². The summed E-state index contributed by atoms with van der Waals surface area (Å²) < 4.78 is 10.6. The van der Waals surface area contributed by atoms with Gasteiger partial charge in [0.15, 0.2) is 0 Å². The maximum Gasteiger partial charge on any atom is 0.408 e. The zero-order chi connectivity index (χ0) is 22.8. The summed E-state index contributed by atoms with van der Waals surface area (Å²) in [6.07, 6.45) is 5.05. The molecule has 0 aromatic heterocycles. The molecule has 2 N–H and O–H groups in total. The van der Waals surface area contributed by atoms with Crippen LogP contribution in [-0.4, -0.2) is 59.9 Å². The summed E-state index contributed by atoms with van der Waals surface area (Å²) in [5.74, 6) is -0.0529. The van der Waals surface area contributed by atoms with Crippen LogP contribution in [0, 0.1) is 0 Å². The lowest BCUT2D eigenvalue weighted by Crippen LogP contribution is -2.50. The fraction of sp³-hybridized carbons (Fsp3) is 0.864. The zero-order valence-corrected chi connectivity index (χ0v) is 19.6. The van der Waals surface area contributed by atoms with Crippen molar-refractivity contribution in [2.45, 2.75) is 104 Å². The molecule has 1 heterocycles. The van der Waals surface area contributed by atoms with Crippen molar-refractivity contribution >= 4 is 18.1 Å². The number of hydrogen-bond acceptors (Lipinski definition) is 5. The van der Waals surface area contributed by atoms with Crippen molar-refractivity contribution in [2.24, 2.45) is 0 Å². The summed E-state index contributed by atoms with van der Waals surface area (Å²) in [5, 5.41) is 5.47. The second kappa shape index (κ2) is 12.0. The average Bonchev–Trinajstić information content (AvgIpc) is 2.86. The van der Waals surface area contributed by atoms with Crippen LogP contribution in [0.4, 0.5) is 9.59 Å². The van der Waals surface area contributed by atoms with Gasteiger partial charge in [0.1, 0.15) is 17.2 Å². The van der Waals surface area contributed by atoms with E-state index in [1.165, 1.54) is 0 Å². The van der Waals surface area contributed by atoms with Crippen LogP contribution in [0.15, 0.2) is 0 Å². The average molecular weight is 428 g/mol. The van der Waals surface area contributed by atoms with Crippen molar-refractivity contribution in [3.8, 4) is 0 Å². The van der Waals surface area contributed by atoms with E-state index < -0.39 is 29.4 Å². The predicted octanol–water partition coefficient (Wildman–Crippen LogP) is 3.98. The van der Waals surface area contributed by atoms with Gasteiger partial charge in [-0.2, -0.15) is 0 Å². The van der Waals surface area contributed by atoms with Crippen LogP contribution >= 0.6 is 0 Å². The fourth-order valence-electron chi connectivity index (χ4n) is 3.20. The Bertz CT molecular complexity index is 558. The smallest absolute Gasteiger partial charge is 0.408 e. The van der Waals surface area contributed by atoms with Crippen molar-refractivity contribution in [3.05, 3.63) is 0 Å². The number of carbonyl (C=O) groups excluding carboxylic acids is 3. The molecule has 0 aromatic carbocycles. The van der Waals surface area contributed by atoms with Crippen LogP contribution < -0.4 is 10.6 Å². The second-order valence-electron chi connectivity index (χ2n) is 9.86. The van der Waals surface area contributed by atoms with Crippen LogP contribution in [-0.2, 0) is 14.3 Å². The van der Waals surface area contributed by atoms with Crippen molar-refractivity contribution in [3.63, 3.8) is 0 Å². The van der Waals surface area contributed by atoms with Crippen LogP contribution in [0.5, 0.6) is 0 Å². The summed E-state index contributed by atoms with van der Waals surface area (Å²) in [4.78, 5) is 38.9. The summed E-state index contributed by atoms with van der Waals surface area (Å²) in [6, 6.07) is -0.625. The first-order chi connectivity index (χ1) is 13.9. The van der Waals surface area contributed by atoms with Crippen LogP contribution in [0.3, 0.4) is 0 Å². The molecular weight excluding hydrogens is 386 g/mol. The van der Waals surface area contributed by atoms with Crippen molar-refractivity contribution in [1.29, 1.82) is 0 Å². The Kier molecular flexibility index (Phi) is 10.4. The molecule has 30 heavy (non-hydrogen) atoms. The first-order valence-corrected chi connectivity index (χ1v) is 11.1. The van der Waals surface area contributed by atoms with E-state index >= 15 is 0 Å². The third-order valence-electron chi connectivity index (χ3n) is 4.49. The quantitative estimate of drug-likeness (QED) is 0.599. The van der Waals surface area contributed by atoms with E-state index in [0.29, 0.717) is 25.8 Å². The van der Waals surface area contributed by atoms with Crippen molar-refractivity contribution in [2.75, 3.05) is 19.6 Å². The number of hydrogen-bond donors (Lipinski definition) is 2. The fourth-order valence-corrected chi connectivity index (χ4v) is 3.20. The number of rotatable bonds is 7. The minimum atomic E-state index is -0.627. The number of carbonyl (C=O) groups is 3. The lowest BCUT2D eigenvalue weighted by atomic mass is 10.1. The normalized spacial score (nSPS) is 16.3. The summed E-state index contributed by atoms with van der Waals surface area (Å²) >= 11 is 0. The van der Waals surface area contributed by atoms with Gasteiger partial charge in [0.2, 0.25) is 5.91 Å². The standard InChI is InChI=1S/C22H41N3O5/c1-21(2,3)29-19(27)23-14-10-9-13-17(24-20(28)30-22(4,5)6)18(26)25-15-11-7-8-12-16-25/h17H,7-16H2,1-6H3,(H,23,27)(H,24,28)/t17-/m0/s1. The third-order valence-corrected chi connectivity index (χ3v) is 4.49. The number of nitrogens with zero attached hydrogens (tertiary/aromatic N) is 1. The lowest BCUT2D eigenvalue weighted by Gasteiger charge is -2.28. The number of nitrogens with one attached hydrogen (secondary N) is 2. The molecule has 1 aliphatic rings. The van der Waals surface area contributed by atoms with Gasteiger partial charge in [-0.15, -0.1) is 0 Å². The Morgan fingerprint density at radius 3 is 1.90 bits per heavy atom. The molecule has 0 aromatic rings. The summed E-state index contributed by atoms with van der Waals surface area (Å²) in [6.45, 7) is 12.7. The molecular formula is C22H41N3O5. The number of amides is 3. The van der Waals surface area contributed by atoms with E-state index in [2.05, 4.69) is 10.6 Å². The van der Waals surface area contributed by atoms with E-state index in [1.807, 2.05) is 25.7 Å². The van der Waals surface area contributed by atoms with E-state index in [4.69, 9.17) is 9.47 Å². The zero-order valence-electron chi connectivity index (χ0n) is 19.6. The number of likely N-dealkylation sites (tertiary alicyclic amines) is 1. The molecule has 0 unspecified atom stereocenters. The predicted molar refractivity (Wildman–Crippen MR) is 116 cm³/mol. The highest BCUT2D eigenvalue weighted by molar-refractivity contribution is 5.85. The van der Waals surface area contributed by atoms with Gasteiger partial charge >= 0.3 is 12.2 Å². The van der Waals surface area contributed by atoms with Gasteiger partial charge in [-0.25, -0.2) is 9.59 Å². The highest BCUT2D eigenvalue weighted by Gasteiger charge is 2.28. The highest BCUT2D eigenvalue weighted by atomic mass is 16.6. The van der Waals surface area contributed by atoms with Gasteiger partial charge in [-0.1, -0.05) is 12.8 Å².